The van der Waals surface area contributed by atoms with Gasteiger partial charge in [0.25, 0.3) is 0 Å². The second kappa shape index (κ2) is 9.97. The molecule has 0 aromatic heterocycles. The first-order chi connectivity index (χ1) is 24.2. The van der Waals surface area contributed by atoms with Crippen LogP contribution in [0.2, 0.25) is 0 Å². The lowest BCUT2D eigenvalue weighted by Crippen LogP contribution is -2.74. The van der Waals surface area contributed by atoms with Gasteiger partial charge in [-0.25, -0.2) is 0 Å². The maximum absolute atomic E-state index is 2.60. The Morgan fingerprint density at radius 2 is 1.26 bits per heavy atom. The van der Waals surface area contributed by atoms with Crippen molar-refractivity contribution in [2.24, 2.45) is 29.1 Å². The summed E-state index contributed by atoms with van der Waals surface area (Å²) in [7, 11) is 0. The van der Waals surface area contributed by atoms with Crippen LogP contribution in [0.4, 0.5) is 17.1 Å². The van der Waals surface area contributed by atoms with Gasteiger partial charge in [-0.3, -0.25) is 0 Å². The Morgan fingerprint density at radius 1 is 0.580 bits per heavy atom. The molecule has 2 bridgehead atoms. The zero-order valence-electron chi connectivity index (χ0n) is 29.9. The summed E-state index contributed by atoms with van der Waals surface area (Å²) in [5, 5.41) is 0. The Balaban J connectivity index is 1.16. The minimum Gasteiger partial charge on any atom is -0.309 e. The topological polar surface area (TPSA) is 3.24 Å². The Kier molecular flexibility index (Phi) is 5.97. The standard InChI is InChI=1S/C48H47NS/c1-45(2)23-24-46(3,4)39-28-34(21-22-36(39)45)49(33-15-9-6-10-16-33)40-20-12-19-38-44(40)50-43-35(31-13-7-5-8-14-31)17-11-18-37(43)48(38)41-26-30-25-32-27-42(48)47(32,41)29-30/h5-22,28,30,32,41-42H,23-27,29H2,1-4H3. The van der Waals surface area contributed by atoms with Crippen molar-refractivity contribution < 1.29 is 0 Å². The number of hydrogen-bond acceptors (Lipinski definition) is 2. The van der Waals surface area contributed by atoms with E-state index in [1.165, 1.54) is 87.6 Å². The Morgan fingerprint density at radius 3 is 2.02 bits per heavy atom. The smallest absolute Gasteiger partial charge is 0.0604 e. The van der Waals surface area contributed by atoms with E-state index < -0.39 is 0 Å². The molecular formula is C48H47NS. The van der Waals surface area contributed by atoms with Crippen LogP contribution in [0, 0.1) is 29.1 Å². The maximum atomic E-state index is 2.60. The molecule has 6 unspecified atom stereocenters. The van der Waals surface area contributed by atoms with E-state index in [9.17, 15) is 0 Å². The largest absolute Gasteiger partial charge is 0.309 e. The monoisotopic (exact) mass is 669 g/mol. The summed E-state index contributed by atoms with van der Waals surface area (Å²) in [6.07, 6.45) is 8.25. The molecule has 2 spiro atoms. The number of hydrogen-bond donors (Lipinski definition) is 0. The number of para-hydroxylation sites is 1. The average molecular weight is 670 g/mol. The molecule has 0 saturated heterocycles. The van der Waals surface area contributed by atoms with E-state index in [-0.39, 0.29) is 16.2 Å². The van der Waals surface area contributed by atoms with Crippen LogP contribution in [0.25, 0.3) is 11.1 Å². The predicted molar refractivity (Wildman–Crippen MR) is 208 cm³/mol. The molecule has 4 saturated carbocycles. The van der Waals surface area contributed by atoms with Gasteiger partial charge >= 0.3 is 0 Å². The second-order valence-corrected chi connectivity index (χ2v) is 19.1. The van der Waals surface area contributed by atoms with Crippen molar-refractivity contribution >= 4 is 28.8 Å². The van der Waals surface area contributed by atoms with Crippen LogP contribution in [-0.2, 0) is 16.2 Å². The van der Waals surface area contributed by atoms with Crippen molar-refractivity contribution in [3.63, 3.8) is 0 Å². The van der Waals surface area contributed by atoms with Crippen molar-refractivity contribution in [2.75, 3.05) is 4.90 Å². The van der Waals surface area contributed by atoms with Crippen molar-refractivity contribution in [3.8, 4) is 11.1 Å². The number of fused-ring (bicyclic) bond motifs is 8. The van der Waals surface area contributed by atoms with Crippen LogP contribution in [0.15, 0.2) is 125 Å². The van der Waals surface area contributed by atoms with E-state index in [4.69, 9.17) is 0 Å². The lowest BCUT2D eigenvalue weighted by molar-refractivity contribution is -0.235. The molecule has 6 atom stereocenters. The number of rotatable bonds is 4. The number of benzene rings is 5. The Labute approximate surface area is 302 Å². The van der Waals surface area contributed by atoms with Crippen LogP contribution >= 0.6 is 11.8 Å². The molecule has 4 fully saturated rings. The van der Waals surface area contributed by atoms with E-state index in [0.29, 0.717) is 5.41 Å². The van der Waals surface area contributed by atoms with Crippen LogP contribution in [-0.4, -0.2) is 0 Å². The summed E-state index contributed by atoms with van der Waals surface area (Å²) in [6.45, 7) is 9.79. The van der Waals surface area contributed by atoms with Gasteiger partial charge in [-0.1, -0.05) is 124 Å². The minimum absolute atomic E-state index is 0.104. The van der Waals surface area contributed by atoms with Crippen molar-refractivity contribution in [1.82, 2.24) is 0 Å². The summed E-state index contributed by atoms with van der Waals surface area (Å²) in [6, 6.07) is 44.5. The zero-order valence-corrected chi connectivity index (χ0v) is 30.7. The number of anilines is 3. The summed E-state index contributed by atoms with van der Waals surface area (Å²) >= 11 is 2.06. The molecule has 6 aliphatic rings. The van der Waals surface area contributed by atoms with Crippen molar-refractivity contribution in [1.29, 1.82) is 0 Å². The van der Waals surface area contributed by atoms with Gasteiger partial charge in [-0.2, -0.15) is 0 Å². The molecule has 5 aromatic rings. The van der Waals surface area contributed by atoms with Gasteiger partial charge in [-0.15, -0.1) is 0 Å². The molecule has 0 N–H and O–H groups in total. The molecule has 1 nitrogen and oxygen atoms in total. The highest BCUT2D eigenvalue weighted by Crippen LogP contribution is 2.89. The second-order valence-electron chi connectivity index (χ2n) is 18.0. The SMILES string of the molecule is CC1(C)CCC(C)(C)c2cc(N(c3ccccc3)c3cccc4c3Sc3c(-c5ccccc5)cccc3C43C4CC5CC6CC3C64C5)ccc21. The normalized spacial score (nSPS) is 31.1. The minimum atomic E-state index is 0.104. The predicted octanol–water partition coefficient (Wildman–Crippen LogP) is 13.0. The lowest BCUT2D eigenvalue weighted by Gasteiger charge is -2.78. The fourth-order valence-corrected chi connectivity index (χ4v) is 14.4. The fourth-order valence-electron chi connectivity index (χ4n) is 12.9. The van der Waals surface area contributed by atoms with Gasteiger partial charge < -0.3 is 4.90 Å². The summed E-state index contributed by atoms with van der Waals surface area (Å²) in [5.41, 5.74) is 13.9. The molecule has 50 heavy (non-hydrogen) atoms. The van der Waals surface area contributed by atoms with E-state index in [2.05, 4.69) is 160 Å². The maximum Gasteiger partial charge on any atom is 0.0604 e. The van der Waals surface area contributed by atoms with E-state index in [1.807, 2.05) is 0 Å². The highest BCUT2D eigenvalue weighted by Gasteiger charge is 2.84. The van der Waals surface area contributed by atoms with Crippen molar-refractivity contribution in [3.05, 3.63) is 138 Å². The van der Waals surface area contributed by atoms with E-state index in [0.717, 1.165) is 23.7 Å². The molecule has 250 valence electrons. The Hall–Kier alpha value is -3.75. The quantitative estimate of drug-likeness (QED) is 0.187. The van der Waals surface area contributed by atoms with Gasteiger partial charge in [0.2, 0.25) is 0 Å². The van der Waals surface area contributed by atoms with E-state index in [1.54, 1.807) is 11.1 Å². The highest BCUT2D eigenvalue weighted by atomic mass is 32.2. The average Bonchev–Trinajstić information content (AvgIpc) is 3.66. The van der Waals surface area contributed by atoms with Crippen LogP contribution in [0.1, 0.15) is 88.5 Å². The van der Waals surface area contributed by atoms with Crippen LogP contribution in [0.3, 0.4) is 0 Å². The molecule has 5 aliphatic carbocycles. The third kappa shape index (κ3) is 3.62. The third-order valence-corrected chi connectivity index (χ3v) is 16.3. The first-order valence-electron chi connectivity index (χ1n) is 19.2. The van der Waals surface area contributed by atoms with Gasteiger partial charge in [0.15, 0.2) is 0 Å². The van der Waals surface area contributed by atoms with Crippen LogP contribution in [0.5, 0.6) is 0 Å². The number of nitrogens with zero attached hydrogens (tertiary/aromatic N) is 1. The highest BCUT2D eigenvalue weighted by molar-refractivity contribution is 7.99. The molecule has 0 amide bonds. The first-order valence-corrected chi connectivity index (χ1v) is 20.1. The van der Waals surface area contributed by atoms with Crippen LogP contribution < -0.4 is 4.90 Å². The Bertz CT molecular complexity index is 2200. The van der Waals surface area contributed by atoms with Gasteiger partial charge in [-0.05, 0) is 142 Å². The van der Waals surface area contributed by atoms with Crippen molar-refractivity contribution in [2.45, 2.75) is 92.3 Å². The molecule has 5 aromatic carbocycles. The molecule has 0 radical (unpaired) electrons. The van der Waals surface area contributed by atoms with Gasteiger partial charge in [0.1, 0.15) is 0 Å². The zero-order chi connectivity index (χ0) is 33.6. The fraction of sp³-hybridized carbons (Fsp3) is 0.375. The summed E-state index contributed by atoms with van der Waals surface area (Å²) < 4.78 is 0. The first kappa shape index (κ1) is 29.9. The molecule has 11 rings (SSSR count). The summed E-state index contributed by atoms with van der Waals surface area (Å²) in [5.74, 6) is 3.41. The molecule has 1 heterocycles. The molecule has 2 heteroatoms. The summed E-state index contributed by atoms with van der Waals surface area (Å²) in [4.78, 5) is 5.58. The van der Waals surface area contributed by atoms with Gasteiger partial charge in [0.05, 0.1) is 5.69 Å². The molecular weight excluding hydrogens is 623 g/mol. The third-order valence-electron chi connectivity index (χ3n) is 15.0. The molecule has 1 aliphatic heterocycles. The lowest BCUT2D eigenvalue weighted by atomic mass is 9.26. The van der Waals surface area contributed by atoms with E-state index >= 15 is 0 Å². The van der Waals surface area contributed by atoms with Gasteiger partial charge in [0, 0.05) is 26.6 Å².